The molecule has 0 atom stereocenters. The van der Waals surface area contributed by atoms with Crippen LogP contribution in [0.15, 0.2) is 42.5 Å². The number of aromatic nitrogens is 1. The minimum atomic E-state index is 1.08. The first kappa shape index (κ1) is 10.0. The van der Waals surface area contributed by atoms with Crippen LogP contribution in [0.5, 0.6) is 0 Å². The Balaban J connectivity index is 2.49. The van der Waals surface area contributed by atoms with Crippen LogP contribution in [-0.2, 0) is 0 Å². The molecule has 3 rings (SSSR count). The first-order valence-electron chi connectivity index (χ1n) is 5.20. The molecule has 16 heavy (non-hydrogen) atoms. The van der Waals surface area contributed by atoms with E-state index in [2.05, 4.69) is 72.0 Å². The quantitative estimate of drug-likeness (QED) is 0.445. The fraction of sp³-hybridized carbons (Fsp3) is 0.0714. The van der Waals surface area contributed by atoms with Crippen molar-refractivity contribution in [3.63, 3.8) is 0 Å². The zero-order valence-corrected chi connectivity index (χ0v) is 11.0. The molecule has 0 aliphatic rings. The third-order valence-corrected chi connectivity index (χ3v) is 3.48. The summed E-state index contributed by atoms with van der Waals surface area (Å²) in [7, 11) is 0. The van der Waals surface area contributed by atoms with Crippen molar-refractivity contribution in [1.82, 2.24) is 4.98 Å². The molecule has 2 aromatic carbocycles. The van der Waals surface area contributed by atoms with Crippen LogP contribution in [0.3, 0.4) is 0 Å². The zero-order chi connectivity index (χ0) is 11.1. The van der Waals surface area contributed by atoms with Crippen LogP contribution in [0, 0.1) is 10.5 Å². The van der Waals surface area contributed by atoms with Crippen molar-refractivity contribution in [1.29, 1.82) is 0 Å². The molecular weight excluding hydrogens is 309 g/mol. The lowest BCUT2D eigenvalue weighted by Gasteiger charge is -2.04. The van der Waals surface area contributed by atoms with Gasteiger partial charge in [-0.2, -0.15) is 0 Å². The molecule has 0 aliphatic heterocycles. The summed E-state index contributed by atoms with van der Waals surface area (Å²) in [5, 5.41) is 2.42. The van der Waals surface area contributed by atoms with Gasteiger partial charge >= 0.3 is 0 Å². The van der Waals surface area contributed by atoms with E-state index in [1.807, 2.05) is 0 Å². The molecule has 0 aliphatic carbocycles. The third kappa shape index (κ3) is 1.57. The van der Waals surface area contributed by atoms with Crippen LogP contribution in [0.25, 0.3) is 21.8 Å². The Labute approximate surface area is 108 Å². The van der Waals surface area contributed by atoms with Crippen LogP contribution in [0.1, 0.15) is 5.56 Å². The van der Waals surface area contributed by atoms with Crippen molar-refractivity contribution in [3.05, 3.63) is 51.6 Å². The maximum Gasteiger partial charge on any atom is 0.0738 e. The normalized spacial score (nSPS) is 11.1. The summed E-state index contributed by atoms with van der Waals surface area (Å²) < 4.78 is 1.23. The van der Waals surface area contributed by atoms with E-state index in [9.17, 15) is 0 Å². The molecular formula is C14H10IN. The molecule has 0 radical (unpaired) electrons. The lowest BCUT2D eigenvalue weighted by molar-refractivity contribution is 1.42. The molecule has 3 aromatic rings. The molecule has 1 aromatic heterocycles. The summed E-state index contributed by atoms with van der Waals surface area (Å²) in [6.45, 7) is 2.11. The monoisotopic (exact) mass is 319 g/mol. The predicted molar refractivity (Wildman–Crippen MR) is 76.7 cm³/mol. The van der Waals surface area contributed by atoms with Gasteiger partial charge < -0.3 is 0 Å². The minimum absolute atomic E-state index is 1.08. The van der Waals surface area contributed by atoms with Gasteiger partial charge in [-0.05, 0) is 53.3 Å². The lowest BCUT2D eigenvalue weighted by atomic mass is 10.1. The molecule has 0 fully saturated rings. The maximum absolute atomic E-state index is 4.73. The molecule has 0 saturated carbocycles. The highest BCUT2D eigenvalue weighted by molar-refractivity contribution is 14.1. The number of halogens is 1. The summed E-state index contributed by atoms with van der Waals surface area (Å²) >= 11 is 2.32. The lowest BCUT2D eigenvalue weighted by Crippen LogP contribution is -1.86. The van der Waals surface area contributed by atoms with Crippen molar-refractivity contribution in [2.75, 3.05) is 0 Å². The smallest absolute Gasteiger partial charge is 0.0738 e. The number of nitrogens with zero attached hydrogens (tertiary/aromatic N) is 1. The van der Waals surface area contributed by atoms with Crippen molar-refractivity contribution in [2.45, 2.75) is 6.92 Å². The number of para-hydroxylation sites is 1. The Morgan fingerprint density at radius 1 is 1.00 bits per heavy atom. The largest absolute Gasteiger partial charge is 0.247 e. The number of benzene rings is 2. The maximum atomic E-state index is 4.73. The fourth-order valence-electron chi connectivity index (χ4n) is 1.97. The van der Waals surface area contributed by atoms with E-state index in [1.165, 1.54) is 19.9 Å². The van der Waals surface area contributed by atoms with Crippen molar-refractivity contribution >= 4 is 44.4 Å². The molecule has 0 unspecified atom stereocenters. The van der Waals surface area contributed by atoms with E-state index in [4.69, 9.17) is 4.98 Å². The zero-order valence-electron chi connectivity index (χ0n) is 8.87. The molecule has 1 nitrogen and oxygen atoms in total. The molecule has 1 heterocycles. The van der Waals surface area contributed by atoms with Crippen LogP contribution in [-0.4, -0.2) is 4.98 Å². The van der Waals surface area contributed by atoms with Crippen molar-refractivity contribution < 1.29 is 0 Å². The number of fused-ring (bicyclic) bond motifs is 2. The van der Waals surface area contributed by atoms with E-state index in [0.717, 1.165) is 11.0 Å². The second-order valence-electron chi connectivity index (χ2n) is 3.97. The summed E-state index contributed by atoms with van der Waals surface area (Å²) in [6.07, 6.45) is 0. The third-order valence-electron chi connectivity index (χ3n) is 2.80. The van der Waals surface area contributed by atoms with Gasteiger partial charge in [-0.25, -0.2) is 4.98 Å². The van der Waals surface area contributed by atoms with Gasteiger partial charge in [0.15, 0.2) is 0 Å². The summed E-state index contributed by atoms with van der Waals surface area (Å²) in [6, 6.07) is 14.9. The predicted octanol–water partition coefficient (Wildman–Crippen LogP) is 4.30. The number of pyridine rings is 1. The highest BCUT2D eigenvalue weighted by Gasteiger charge is 2.02. The highest BCUT2D eigenvalue weighted by atomic mass is 127. The summed E-state index contributed by atoms with van der Waals surface area (Å²) in [5.74, 6) is 0. The molecule has 0 bridgehead atoms. The van der Waals surface area contributed by atoms with E-state index < -0.39 is 0 Å². The van der Waals surface area contributed by atoms with Crippen molar-refractivity contribution in [2.24, 2.45) is 0 Å². The van der Waals surface area contributed by atoms with Gasteiger partial charge in [0.25, 0.3) is 0 Å². The van der Waals surface area contributed by atoms with Crippen LogP contribution < -0.4 is 0 Å². The Bertz CT molecular complexity index is 689. The SMILES string of the molecule is Cc1cccc2cc3ccc(I)cc3nc12. The highest BCUT2D eigenvalue weighted by Crippen LogP contribution is 2.23. The topological polar surface area (TPSA) is 12.9 Å². The molecule has 0 spiro atoms. The molecule has 2 heteroatoms. The number of aryl methyl sites for hydroxylation is 1. The van der Waals surface area contributed by atoms with E-state index in [1.54, 1.807) is 0 Å². The van der Waals surface area contributed by atoms with Gasteiger partial charge in [-0.15, -0.1) is 0 Å². The average Bonchev–Trinajstić information content (AvgIpc) is 2.28. The summed E-state index contributed by atoms with van der Waals surface area (Å²) in [4.78, 5) is 4.73. The van der Waals surface area contributed by atoms with E-state index in [0.29, 0.717) is 0 Å². The Hall–Kier alpha value is -1.16. The molecule has 0 saturated heterocycles. The van der Waals surface area contributed by atoms with E-state index >= 15 is 0 Å². The second-order valence-corrected chi connectivity index (χ2v) is 5.22. The van der Waals surface area contributed by atoms with Crippen LogP contribution in [0.2, 0.25) is 0 Å². The van der Waals surface area contributed by atoms with Gasteiger partial charge in [-0.3, -0.25) is 0 Å². The van der Waals surface area contributed by atoms with Gasteiger partial charge in [-0.1, -0.05) is 24.3 Å². The standard InChI is InChI=1S/C14H10IN/c1-9-3-2-4-11-7-10-5-6-12(15)8-13(10)16-14(9)11/h2-8H,1H3. The summed E-state index contributed by atoms with van der Waals surface area (Å²) in [5.41, 5.74) is 3.42. The van der Waals surface area contributed by atoms with Crippen LogP contribution in [0.4, 0.5) is 0 Å². The molecule has 78 valence electrons. The Morgan fingerprint density at radius 3 is 2.75 bits per heavy atom. The van der Waals surface area contributed by atoms with Gasteiger partial charge in [0.1, 0.15) is 0 Å². The van der Waals surface area contributed by atoms with Gasteiger partial charge in [0.05, 0.1) is 11.0 Å². The van der Waals surface area contributed by atoms with Crippen LogP contribution >= 0.6 is 22.6 Å². The van der Waals surface area contributed by atoms with E-state index in [-0.39, 0.29) is 0 Å². The second kappa shape index (κ2) is 3.70. The molecule has 0 amide bonds. The van der Waals surface area contributed by atoms with Gasteiger partial charge in [0.2, 0.25) is 0 Å². The number of hydrogen-bond donors (Lipinski definition) is 0. The van der Waals surface area contributed by atoms with Gasteiger partial charge in [0, 0.05) is 14.3 Å². The first-order valence-corrected chi connectivity index (χ1v) is 6.27. The Kier molecular flexibility index (Phi) is 2.32. The minimum Gasteiger partial charge on any atom is -0.247 e. The van der Waals surface area contributed by atoms with Crippen molar-refractivity contribution in [3.8, 4) is 0 Å². The average molecular weight is 319 g/mol. The first-order chi connectivity index (χ1) is 7.74. The molecule has 0 N–H and O–H groups in total. The number of hydrogen-bond acceptors (Lipinski definition) is 1. The Morgan fingerprint density at radius 2 is 1.88 bits per heavy atom. The number of rotatable bonds is 0. The fourth-order valence-corrected chi connectivity index (χ4v) is 2.45.